The molecular weight excluding hydrogens is 684 g/mol. The number of sulfone groups is 2. The summed E-state index contributed by atoms with van der Waals surface area (Å²) in [5, 5.41) is 10.2. The Balaban J connectivity index is 1.20. The monoisotopic (exact) mass is 714 g/mol. The molecule has 258 valence electrons. The molecule has 2 atom stereocenters. The lowest BCUT2D eigenvalue weighted by Crippen LogP contribution is -2.48. The first-order valence-corrected chi connectivity index (χ1v) is 18.0. The average molecular weight is 715 g/mol. The summed E-state index contributed by atoms with van der Waals surface area (Å²) < 4.78 is 117. The summed E-state index contributed by atoms with van der Waals surface area (Å²) in [7, 11) is -6.52. The van der Waals surface area contributed by atoms with Crippen molar-refractivity contribution in [2.45, 2.75) is 37.8 Å². The van der Waals surface area contributed by atoms with Gasteiger partial charge >= 0.3 is 12.1 Å². The van der Waals surface area contributed by atoms with E-state index in [2.05, 4.69) is 21.3 Å². The third kappa shape index (κ3) is 8.10. The lowest BCUT2D eigenvalue weighted by atomic mass is 10.0. The Hall–Kier alpha value is -4.58. The molecule has 2 aliphatic rings. The van der Waals surface area contributed by atoms with Gasteiger partial charge in [0, 0.05) is 11.4 Å². The first kappa shape index (κ1) is 34.7. The van der Waals surface area contributed by atoms with E-state index in [0.717, 1.165) is 0 Å². The second kappa shape index (κ2) is 12.8. The van der Waals surface area contributed by atoms with Crippen LogP contribution in [0.4, 0.5) is 38.5 Å². The van der Waals surface area contributed by atoms with E-state index in [0.29, 0.717) is 0 Å². The van der Waals surface area contributed by atoms with Gasteiger partial charge in [-0.2, -0.15) is 17.6 Å². The number of amides is 4. The number of ether oxygens (including phenoxy) is 2. The number of anilines is 2. The molecule has 0 bridgehead atoms. The molecule has 5 rings (SSSR count). The van der Waals surface area contributed by atoms with E-state index in [1.807, 2.05) is 0 Å². The van der Waals surface area contributed by atoms with Crippen molar-refractivity contribution in [2.75, 3.05) is 33.6 Å². The number of halogens is 4. The van der Waals surface area contributed by atoms with Crippen LogP contribution in [0, 0.1) is 23.3 Å². The predicted molar refractivity (Wildman–Crippen MR) is 167 cm³/mol. The highest BCUT2D eigenvalue weighted by molar-refractivity contribution is 7.92. The Labute approximate surface area is 273 Å². The summed E-state index contributed by atoms with van der Waals surface area (Å²) >= 11 is 0. The minimum Gasteiger partial charge on any atom is -0.451 e. The van der Waals surface area contributed by atoms with E-state index in [9.17, 15) is 44.0 Å². The maximum Gasteiger partial charge on any atom is 0.319 e. The molecule has 3 aromatic rings. The molecular formula is C30H30F4N4O8S2. The number of nitrogens with one attached hydrogen (secondary N) is 4. The van der Waals surface area contributed by atoms with E-state index in [1.54, 1.807) is 13.8 Å². The van der Waals surface area contributed by atoms with Crippen molar-refractivity contribution in [1.82, 2.24) is 10.6 Å². The maximum atomic E-state index is 14.9. The summed E-state index contributed by atoms with van der Waals surface area (Å²) in [6.45, 7) is 3.19. The second-order valence-corrected chi connectivity index (χ2v) is 16.5. The van der Waals surface area contributed by atoms with Gasteiger partial charge in [0.1, 0.15) is 11.5 Å². The topological polar surface area (TPSA) is 169 Å². The SMILES string of the molecule is C[C@]1(NC(=O)Nc2ccc(Oc3c(F)c(F)c(Oc4ccc(NC(=O)N[C@]5(C)CCS(=O)(=O)C5)cc4)c(F)c3F)cc2)CCS(=O)(=O)C1. The smallest absolute Gasteiger partial charge is 0.319 e. The fourth-order valence-electron chi connectivity index (χ4n) is 5.31. The van der Waals surface area contributed by atoms with Crippen LogP contribution in [-0.4, -0.2) is 63.0 Å². The lowest BCUT2D eigenvalue weighted by Gasteiger charge is -2.24. The molecule has 2 aliphatic heterocycles. The zero-order chi connectivity index (χ0) is 35.1. The van der Waals surface area contributed by atoms with Gasteiger partial charge in [-0.1, -0.05) is 0 Å². The van der Waals surface area contributed by atoms with Crippen LogP contribution in [0.2, 0.25) is 0 Å². The summed E-state index contributed by atoms with van der Waals surface area (Å²) in [5.74, 6) is -11.3. The van der Waals surface area contributed by atoms with Gasteiger partial charge in [0.05, 0.1) is 34.1 Å². The molecule has 0 aliphatic carbocycles. The second-order valence-electron chi connectivity index (χ2n) is 12.1. The van der Waals surface area contributed by atoms with Crippen LogP contribution in [-0.2, 0) is 19.7 Å². The highest BCUT2D eigenvalue weighted by Crippen LogP contribution is 2.39. The van der Waals surface area contributed by atoms with Crippen LogP contribution in [0.1, 0.15) is 26.7 Å². The van der Waals surface area contributed by atoms with Crippen LogP contribution < -0.4 is 30.7 Å². The van der Waals surface area contributed by atoms with Gasteiger partial charge in [-0.15, -0.1) is 0 Å². The molecule has 2 heterocycles. The van der Waals surface area contributed by atoms with Crippen molar-refractivity contribution in [3.05, 3.63) is 71.8 Å². The first-order chi connectivity index (χ1) is 22.3. The molecule has 12 nitrogen and oxygen atoms in total. The molecule has 2 fully saturated rings. The van der Waals surface area contributed by atoms with Crippen molar-refractivity contribution in [2.24, 2.45) is 0 Å². The van der Waals surface area contributed by atoms with Gasteiger partial charge < -0.3 is 30.7 Å². The van der Waals surface area contributed by atoms with Crippen LogP contribution in [0.3, 0.4) is 0 Å². The third-order valence-electron chi connectivity index (χ3n) is 7.68. The van der Waals surface area contributed by atoms with Crippen molar-refractivity contribution >= 4 is 43.1 Å². The summed E-state index contributed by atoms with van der Waals surface area (Å²) in [4.78, 5) is 24.7. The van der Waals surface area contributed by atoms with Crippen LogP contribution >= 0.6 is 0 Å². The number of benzene rings is 3. The molecule has 0 radical (unpaired) electrons. The Morgan fingerprint density at radius 3 is 1.19 bits per heavy atom. The lowest BCUT2D eigenvalue weighted by molar-refractivity contribution is 0.241. The highest BCUT2D eigenvalue weighted by Gasteiger charge is 2.40. The third-order valence-corrected chi connectivity index (χ3v) is 11.5. The van der Waals surface area contributed by atoms with Gasteiger partial charge in [0.25, 0.3) is 0 Å². The molecule has 0 saturated carbocycles. The molecule has 0 spiro atoms. The molecule has 18 heteroatoms. The quantitative estimate of drug-likeness (QED) is 0.182. The van der Waals surface area contributed by atoms with Gasteiger partial charge in [0.15, 0.2) is 19.7 Å². The van der Waals surface area contributed by atoms with Crippen molar-refractivity contribution in [1.29, 1.82) is 0 Å². The van der Waals surface area contributed by atoms with Gasteiger partial charge in [0.2, 0.25) is 34.8 Å². The number of carbonyl (C=O) groups is 2. The van der Waals surface area contributed by atoms with Crippen LogP contribution in [0.25, 0.3) is 0 Å². The van der Waals surface area contributed by atoms with Gasteiger partial charge in [-0.3, -0.25) is 0 Å². The highest BCUT2D eigenvalue weighted by atomic mass is 32.2. The minimum atomic E-state index is -3.26. The van der Waals surface area contributed by atoms with Gasteiger partial charge in [-0.25, -0.2) is 26.4 Å². The van der Waals surface area contributed by atoms with Crippen molar-refractivity contribution in [3.8, 4) is 23.0 Å². The number of urea groups is 2. The Morgan fingerprint density at radius 1 is 0.604 bits per heavy atom. The van der Waals surface area contributed by atoms with E-state index < -0.39 is 77.6 Å². The summed E-state index contributed by atoms with van der Waals surface area (Å²) in [5.41, 5.74) is -1.50. The molecule has 4 amide bonds. The molecule has 3 aromatic carbocycles. The predicted octanol–water partition coefficient (Wildman–Crippen LogP) is 5.23. The normalized spacial score (nSPS) is 22.5. The Morgan fingerprint density at radius 2 is 0.917 bits per heavy atom. The van der Waals surface area contributed by atoms with Crippen molar-refractivity contribution in [3.63, 3.8) is 0 Å². The maximum absolute atomic E-state index is 14.9. The number of carbonyl (C=O) groups excluding carboxylic acids is 2. The standard InChI is InChI=1S/C30H30F4N4O8S2/c1-29(11-13-47(41,42)15-29)37-27(39)35-17-3-7-19(8-4-17)45-25-21(31)23(33)26(24(34)22(25)32)46-20-9-5-18(6-10-20)36-28(40)38-30(2)12-14-48(43,44)16-30/h3-10H,11-16H2,1-2H3,(H2,35,37,39)(H2,36,38,40)/t29-,30+. The average Bonchev–Trinajstić information content (AvgIpc) is 3.44. The van der Waals surface area contributed by atoms with Gasteiger partial charge in [-0.05, 0) is 75.2 Å². The molecule has 2 saturated heterocycles. The minimum absolute atomic E-state index is 0.0530. The Kier molecular flexibility index (Phi) is 9.26. The summed E-state index contributed by atoms with van der Waals surface area (Å²) in [6.07, 6.45) is 0.483. The fraction of sp³-hybridized carbons (Fsp3) is 0.333. The Bertz CT molecular complexity index is 1810. The zero-order valence-electron chi connectivity index (χ0n) is 25.5. The molecule has 4 N–H and O–H groups in total. The molecule has 0 aromatic heterocycles. The van der Waals surface area contributed by atoms with E-state index in [-0.39, 0.29) is 58.7 Å². The largest absolute Gasteiger partial charge is 0.451 e. The number of hydrogen-bond acceptors (Lipinski definition) is 8. The molecule has 0 unspecified atom stereocenters. The summed E-state index contributed by atoms with van der Waals surface area (Å²) in [6, 6.07) is 8.42. The first-order valence-electron chi connectivity index (χ1n) is 14.4. The van der Waals surface area contributed by atoms with Crippen LogP contribution in [0.5, 0.6) is 23.0 Å². The number of hydrogen-bond donors (Lipinski definition) is 4. The van der Waals surface area contributed by atoms with Crippen molar-refractivity contribution < 1.29 is 53.5 Å². The van der Waals surface area contributed by atoms with Crippen LogP contribution in [0.15, 0.2) is 48.5 Å². The zero-order valence-corrected chi connectivity index (χ0v) is 27.1. The molecule has 48 heavy (non-hydrogen) atoms. The van der Waals surface area contributed by atoms with E-state index in [4.69, 9.17) is 9.47 Å². The fourth-order valence-corrected chi connectivity index (χ4v) is 9.50. The number of rotatable bonds is 8. The van der Waals surface area contributed by atoms with E-state index >= 15 is 0 Å². The van der Waals surface area contributed by atoms with E-state index in [1.165, 1.54) is 48.5 Å².